The fourth-order valence-corrected chi connectivity index (χ4v) is 2.54. The summed E-state index contributed by atoms with van der Waals surface area (Å²) in [6.07, 6.45) is -2.29. The molecule has 0 radical (unpaired) electrons. The van der Waals surface area contributed by atoms with Crippen LogP contribution in [0.2, 0.25) is 0 Å². The van der Waals surface area contributed by atoms with Gasteiger partial charge in [0.2, 0.25) is 0 Å². The molecule has 1 aliphatic rings. The van der Waals surface area contributed by atoms with Crippen LogP contribution in [-0.2, 0) is 6.18 Å². The summed E-state index contributed by atoms with van der Waals surface area (Å²) >= 11 is 0. The minimum atomic E-state index is -4.60. The van der Waals surface area contributed by atoms with Crippen molar-refractivity contribution >= 4 is 11.7 Å². The third-order valence-electron chi connectivity index (χ3n) is 3.77. The molecule has 6 nitrogen and oxygen atoms in total. The summed E-state index contributed by atoms with van der Waals surface area (Å²) in [5, 5.41) is 4.88. The summed E-state index contributed by atoms with van der Waals surface area (Å²) in [7, 11) is 0. The number of likely N-dealkylation sites (tertiary alicyclic amines) is 1. The third kappa shape index (κ3) is 4.72. The van der Waals surface area contributed by atoms with E-state index in [-0.39, 0.29) is 6.04 Å². The lowest BCUT2D eigenvalue weighted by Crippen LogP contribution is -2.49. The van der Waals surface area contributed by atoms with E-state index in [1.165, 1.54) is 0 Å². The van der Waals surface area contributed by atoms with Gasteiger partial charge in [0, 0.05) is 18.8 Å². The van der Waals surface area contributed by atoms with Crippen molar-refractivity contribution in [1.29, 1.82) is 0 Å². The number of carbonyl (C=O) groups is 1. The minimum absolute atomic E-state index is 0.0893. The summed E-state index contributed by atoms with van der Waals surface area (Å²) < 4.78 is 37.9. The van der Waals surface area contributed by atoms with Gasteiger partial charge in [-0.05, 0) is 32.0 Å². The van der Waals surface area contributed by atoms with Gasteiger partial charge in [0.05, 0.1) is 5.56 Å². The van der Waals surface area contributed by atoms with E-state index in [2.05, 4.69) is 15.5 Å². The van der Waals surface area contributed by atoms with Gasteiger partial charge in [-0.3, -0.25) is 4.79 Å². The molecule has 1 atom stereocenters. The Morgan fingerprint density at radius 3 is 2.87 bits per heavy atom. The summed E-state index contributed by atoms with van der Waals surface area (Å²) in [5.74, 6) is 0. The molecule has 1 fully saturated rings. The van der Waals surface area contributed by atoms with Crippen LogP contribution in [0.15, 0.2) is 17.1 Å². The molecule has 23 heavy (non-hydrogen) atoms. The van der Waals surface area contributed by atoms with Gasteiger partial charge >= 0.3 is 12.2 Å². The normalized spacial score (nSPS) is 19.4. The van der Waals surface area contributed by atoms with Gasteiger partial charge in [0.25, 0.3) is 5.56 Å². The Balaban J connectivity index is 2.01. The molecule has 1 aromatic rings. The quantitative estimate of drug-likeness (QED) is 0.792. The van der Waals surface area contributed by atoms with Crippen LogP contribution in [0, 0.1) is 0 Å². The maximum absolute atomic E-state index is 12.6. The number of hydrogen-bond donors (Lipinski definition) is 3. The van der Waals surface area contributed by atoms with E-state index in [0.717, 1.165) is 25.9 Å². The van der Waals surface area contributed by atoms with Crippen LogP contribution in [0.25, 0.3) is 0 Å². The number of halogens is 3. The summed E-state index contributed by atoms with van der Waals surface area (Å²) in [6.45, 7) is 4.53. The molecule has 0 bridgehead atoms. The van der Waals surface area contributed by atoms with Crippen molar-refractivity contribution in [2.24, 2.45) is 0 Å². The largest absolute Gasteiger partial charge is 0.417 e. The van der Waals surface area contributed by atoms with E-state index < -0.39 is 29.0 Å². The monoisotopic (exact) mass is 332 g/mol. The highest BCUT2D eigenvalue weighted by Gasteiger charge is 2.31. The number of piperidine rings is 1. The van der Waals surface area contributed by atoms with Crippen LogP contribution < -0.4 is 16.2 Å². The van der Waals surface area contributed by atoms with Crippen molar-refractivity contribution < 1.29 is 18.0 Å². The van der Waals surface area contributed by atoms with E-state index >= 15 is 0 Å². The number of aromatic amines is 1. The Hall–Kier alpha value is -2.03. The number of hydrogen-bond acceptors (Lipinski definition) is 3. The average molecular weight is 332 g/mol. The van der Waals surface area contributed by atoms with Crippen molar-refractivity contribution in [3.05, 3.63) is 28.2 Å². The van der Waals surface area contributed by atoms with Crippen molar-refractivity contribution in [2.45, 2.75) is 32.0 Å². The maximum atomic E-state index is 12.6. The molecule has 128 valence electrons. The molecule has 2 rings (SSSR count). The first-order valence-corrected chi connectivity index (χ1v) is 7.39. The Labute approximate surface area is 131 Å². The zero-order chi connectivity index (χ0) is 17.0. The fraction of sp³-hybridized carbons (Fsp3) is 0.571. The molecule has 2 amide bonds. The van der Waals surface area contributed by atoms with Gasteiger partial charge in [0.1, 0.15) is 5.69 Å². The standard InChI is InChI=1S/C14H19F3N4O2/c1-2-21-5-3-4-10(8-21)19-13(23)20-11-6-9(14(15,16)17)7-18-12(11)22/h6-7,10H,2-5,8H2,1H3,(H,18,22)(H2,19,20,23)/t10-/m1/s1. The molecular weight excluding hydrogens is 313 g/mol. The number of nitrogens with one attached hydrogen (secondary N) is 3. The van der Waals surface area contributed by atoms with Crippen LogP contribution in [-0.4, -0.2) is 41.6 Å². The first-order chi connectivity index (χ1) is 10.8. The van der Waals surface area contributed by atoms with Crippen molar-refractivity contribution in [3.8, 4) is 0 Å². The second kappa shape index (κ2) is 7.03. The molecule has 0 spiro atoms. The number of pyridine rings is 1. The molecule has 1 aromatic heterocycles. The number of amides is 2. The van der Waals surface area contributed by atoms with Gasteiger partial charge in [-0.15, -0.1) is 0 Å². The number of urea groups is 1. The van der Waals surface area contributed by atoms with E-state index in [4.69, 9.17) is 0 Å². The number of likely N-dealkylation sites (N-methyl/N-ethyl adjacent to an activating group) is 1. The Morgan fingerprint density at radius 2 is 2.22 bits per heavy atom. The van der Waals surface area contributed by atoms with Crippen LogP contribution >= 0.6 is 0 Å². The predicted octanol–water partition coefficient (Wildman–Crippen LogP) is 2.00. The van der Waals surface area contributed by atoms with E-state index in [0.29, 0.717) is 18.8 Å². The van der Waals surface area contributed by atoms with Crippen molar-refractivity contribution in [2.75, 3.05) is 25.0 Å². The number of alkyl halides is 3. The second-order valence-corrected chi connectivity index (χ2v) is 5.46. The molecule has 9 heteroatoms. The molecule has 1 aliphatic heterocycles. The zero-order valence-electron chi connectivity index (χ0n) is 12.7. The first-order valence-electron chi connectivity index (χ1n) is 7.39. The summed E-state index contributed by atoms with van der Waals surface area (Å²) in [5.41, 5.74) is -2.24. The van der Waals surface area contributed by atoms with Crippen LogP contribution in [0.5, 0.6) is 0 Å². The van der Waals surface area contributed by atoms with Crippen molar-refractivity contribution in [1.82, 2.24) is 15.2 Å². The molecule has 0 aliphatic carbocycles. The number of H-pyrrole nitrogens is 1. The second-order valence-electron chi connectivity index (χ2n) is 5.46. The van der Waals surface area contributed by atoms with Gasteiger partial charge in [-0.25, -0.2) is 4.79 Å². The van der Waals surface area contributed by atoms with Crippen LogP contribution in [0.4, 0.5) is 23.7 Å². The Kier molecular flexibility index (Phi) is 5.30. The highest BCUT2D eigenvalue weighted by Crippen LogP contribution is 2.29. The van der Waals surface area contributed by atoms with Gasteiger partial charge < -0.3 is 20.5 Å². The van der Waals surface area contributed by atoms with E-state index in [1.54, 1.807) is 0 Å². The first kappa shape index (κ1) is 17.3. The lowest BCUT2D eigenvalue weighted by Gasteiger charge is -2.32. The number of anilines is 1. The SMILES string of the molecule is CCN1CCC[C@@H](NC(=O)Nc2cc(C(F)(F)F)c[nH]c2=O)C1. The summed E-state index contributed by atoms with van der Waals surface area (Å²) in [4.78, 5) is 27.6. The van der Waals surface area contributed by atoms with Crippen molar-refractivity contribution in [3.63, 3.8) is 0 Å². The smallest absolute Gasteiger partial charge is 0.334 e. The van der Waals surface area contributed by atoms with E-state index in [1.807, 2.05) is 11.9 Å². The number of rotatable bonds is 3. The average Bonchev–Trinajstić information content (AvgIpc) is 2.48. The van der Waals surface area contributed by atoms with Gasteiger partial charge in [-0.2, -0.15) is 13.2 Å². The number of carbonyl (C=O) groups excluding carboxylic acids is 1. The number of nitrogens with zero attached hydrogens (tertiary/aromatic N) is 1. The molecule has 3 N–H and O–H groups in total. The van der Waals surface area contributed by atoms with Gasteiger partial charge in [0.15, 0.2) is 0 Å². The highest BCUT2D eigenvalue weighted by molar-refractivity contribution is 5.89. The topological polar surface area (TPSA) is 77.2 Å². The third-order valence-corrected chi connectivity index (χ3v) is 3.77. The molecule has 0 saturated carbocycles. The fourth-order valence-electron chi connectivity index (χ4n) is 2.54. The Morgan fingerprint density at radius 1 is 1.48 bits per heavy atom. The minimum Gasteiger partial charge on any atom is -0.334 e. The molecule has 0 aromatic carbocycles. The lowest BCUT2D eigenvalue weighted by molar-refractivity contribution is -0.137. The highest BCUT2D eigenvalue weighted by atomic mass is 19.4. The number of aromatic nitrogens is 1. The predicted molar refractivity (Wildman–Crippen MR) is 79.4 cm³/mol. The molecule has 0 unspecified atom stereocenters. The maximum Gasteiger partial charge on any atom is 0.417 e. The van der Waals surface area contributed by atoms with Crippen LogP contribution in [0.3, 0.4) is 0 Å². The molecular formula is C14H19F3N4O2. The van der Waals surface area contributed by atoms with Gasteiger partial charge in [-0.1, -0.05) is 6.92 Å². The molecule has 1 saturated heterocycles. The Bertz CT molecular complexity index is 615. The van der Waals surface area contributed by atoms with E-state index in [9.17, 15) is 22.8 Å². The van der Waals surface area contributed by atoms with Crippen LogP contribution in [0.1, 0.15) is 25.3 Å². The summed E-state index contributed by atoms with van der Waals surface area (Å²) in [6, 6.07) is -0.149. The molecule has 2 heterocycles. The lowest BCUT2D eigenvalue weighted by atomic mass is 10.1. The zero-order valence-corrected chi connectivity index (χ0v) is 12.7.